The third-order valence-corrected chi connectivity index (χ3v) is 5.19. The van der Waals surface area contributed by atoms with Crippen LogP contribution >= 0.6 is 35.0 Å². The summed E-state index contributed by atoms with van der Waals surface area (Å²) < 4.78 is 0. The molecule has 0 aliphatic rings. The first-order valence-electron chi connectivity index (χ1n) is 7.60. The van der Waals surface area contributed by atoms with Gasteiger partial charge < -0.3 is 4.90 Å². The SMILES string of the molecule is CN(C(=O)c1ccc(Cl)cc1)c1ccc(Sc2ccc(Cl)cc2)cc1. The Labute approximate surface area is 161 Å². The molecule has 0 N–H and O–H groups in total. The Balaban J connectivity index is 1.71. The highest BCUT2D eigenvalue weighted by Gasteiger charge is 2.13. The van der Waals surface area contributed by atoms with E-state index in [2.05, 4.69) is 0 Å². The van der Waals surface area contributed by atoms with Crippen LogP contribution in [-0.4, -0.2) is 13.0 Å². The molecule has 0 saturated heterocycles. The van der Waals surface area contributed by atoms with Crippen LogP contribution in [0.25, 0.3) is 0 Å². The number of hydrogen-bond donors (Lipinski definition) is 0. The normalized spacial score (nSPS) is 10.5. The van der Waals surface area contributed by atoms with Gasteiger partial charge in [-0.2, -0.15) is 0 Å². The lowest BCUT2D eigenvalue weighted by Crippen LogP contribution is -2.26. The molecular weight excluding hydrogens is 373 g/mol. The molecule has 0 aliphatic carbocycles. The van der Waals surface area contributed by atoms with Crippen molar-refractivity contribution in [2.24, 2.45) is 0 Å². The number of nitrogens with zero attached hydrogens (tertiary/aromatic N) is 1. The van der Waals surface area contributed by atoms with Crippen LogP contribution < -0.4 is 4.90 Å². The van der Waals surface area contributed by atoms with Crippen molar-refractivity contribution >= 4 is 46.6 Å². The third kappa shape index (κ3) is 4.57. The zero-order valence-electron chi connectivity index (χ0n) is 13.4. The van der Waals surface area contributed by atoms with Crippen LogP contribution in [0.1, 0.15) is 10.4 Å². The van der Waals surface area contributed by atoms with Crippen molar-refractivity contribution < 1.29 is 4.79 Å². The van der Waals surface area contributed by atoms with Crippen molar-refractivity contribution in [2.75, 3.05) is 11.9 Å². The van der Waals surface area contributed by atoms with Gasteiger partial charge in [0.25, 0.3) is 5.91 Å². The fourth-order valence-electron chi connectivity index (χ4n) is 2.28. The maximum absolute atomic E-state index is 12.5. The summed E-state index contributed by atoms with van der Waals surface area (Å²) in [6.07, 6.45) is 0. The van der Waals surface area contributed by atoms with Crippen LogP contribution in [0.3, 0.4) is 0 Å². The quantitative estimate of drug-likeness (QED) is 0.514. The molecule has 3 aromatic carbocycles. The second-order valence-electron chi connectivity index (χ2n) is 5.42. The predicted molar refractivity (Wildman–Crippen MR) is 106 cm³/mol. The Hall–Kier alpha value is -1.94. The van der Waals surface area contributed by atoms with E-state index in [0.717, 1.165) is 20.5 Å². The van der Waals surface area contributed by atoms with Crippen LogP contribution in [0.5, 0.6) is 0 Å². The maximum atomic E-state index is 12.5. The van der Waals surface area contributed by atoms with Gasteiger partial charge in [0.1, 0.15) is 0 Å². The van der Waals surface area contributed by atoms with E-state index in [-0.39, 0.29) is 5.91 Å². The second-order valence-corrected chi connectivity index (χ2v) is 7.44. The highest BCUT2D eigenvalue weighted by molar-refractivity contribution is 7.99. The van der Waals surface area contributed by atoms with Crippen LogP contribution in [0.15, 0.2) is 82.6 Å². The molecular formula is C20H15Cl2NOS. The smallest absolute Gasteiger partial charge is 0.258 e. The largest absolute Gasteiger partial charge is 0.311 e. The summed E-state index contributed by atoms with van der Waals surface area (Å²) in [4.78, 5) is 16.4. The minimum absolute atomic E-state index is 0.0743. The summed E-state index contributed by atoms with van der Waals surface area (Å²) >= 11 is 13.4. The van der Waals surface area contributed by atoms with Crippen molar-refractivity contribution in [3.8, 4) is 0 Å². The molecule has 1 amide bonds. The number of carbonyl (C=O) groups excluding carboxylic acids is 1. The zero-order chi connectivity index (χ0) is 17.8. The van der Waals surface area contributed by atoms with Crippen molar-refractivity contribution in [1.29, 1.82) is 0 Å². The van der Waals surface area contributed by atoms with Crippen molar-refractivity contribution in [2.45, 2.75) is 9.79 Å². The molecule has 0 aliphatic heterocycles. The first-order valence-corrected chi connectivity index (χ1v) is 9.17. The Morgan fingerprint density at radius 1 is 0.760 bits per heavy atom. The average molecular weight is 388 g/mol. The Morgan fingerprint density at radius 2 is 1.20 bits per heavy atom. The lowest BCUT2D eigenvalue weighted by molar-refractivity contribution is 0.0993. The van der Waals surface area contributed by atoms with E-state index in [1.807, 2.05) is 48.5 Å². The standard InChI is InChI=1S/C20H15Cl2NOS/c1-23(20(24)14-2-4-15(21)5-3-14)17-8-12-19(13-9-17)25-18-10-6-16(22)7-11-18/h2-13H,1H3. The number of hydrogen-bond acceptors (Lipinski definition) is 2. The maximum Gasteiger partial charge on any atom is 0.258 e. The molecule has 0 atom stereocenters. The molecule has 25 heavy (non-hydrogen) atoms. The van der Waals surface area contributed by atoms with Gasteiger partial charge in [-0.3, -0.25) is 4.79 Å². The molecule has 0 fully saturated rings. The lowest BCUT2D eigenvalue weighted by Gasteiger charge is -2.18. The van der Waals surface area contributed by atoms with Gasteiger partial charge in [-0.25, -0.2) is 0 Å². The van der Waals surface area contributed by atoms with E-state index in [9.17, 15) is 4.79 Å². The van der Waals surface area contributed by atoms with Crippen LogP contribution in [0, 0.1) is 0 Å². The summed E-state index contributed by atoms with van der Waals surface area (Å²) in [5.41, 5.74) is 1.44. The van der Waals surface area contributed by atoms with Gasteiger partial charge in [0, 0.05) is 38.1 Å². The Morgan fingerprint density at radius 3 is 1.72 bits per heavy atom. The van der Waals surface area contributed by atoms with E-state index in [0.29, 0.717) is 10.6 Å². The van der Waals surface area contributed by atoms with Gasteiger partial charge in [-0.15, -0.1) is 0 Å². The zero-order valence-corrected chi connectivity index (χ0v) is 15.8. The van der Waals surface area contributed by atoms with Crippen LogP contribution in [0.2, 0.25) is 10.0 Å². The highest BCUT2D eigenvalue weighted by atomic mass is 35.5. The van der Waals surface area contributed by atoms with E-state index in [1.54, 1.807) is 48.0 Å². The number of benzene rings is 3. The molecule has 3 aromatic rings. The van der Waals surface area contributed by atoms with Gasteiger partial charge in [0.05, 0.1) is 0 Å². The molecule has 5 heteroatoms. The number of halogens is 2. The molecule has 0 unspecified atom stereocenters. The summed E-state index contributed by atoms with van der Waals surface area (Å²) in [6.45, 7) is 0. The van der Waals surface area contributed by atoms with Gasteiger partial charge in [0.15, 0.2) is 0 Å². The minimum atomic E-state index is -0.0743. The lowest BCUT2D eigenvalue weighted by atomic mass is 10.2. The van der Waals surface area contributed by atoms with Gasteiger partial charge in [-0.05, 0) is 72.8 Å². The second kappa shape index (κ2) is 7.96. The van der Waals surface area contributed by atoms with Gasteiger partial charge >= 0.3 is 0 Å². The number of carbonyl (C=O) groups is 1. The Bertz CT molecular complexity index is 862. The summed E-state index contributed by atoms with van der Waals surface area (Å²) in [6, 6.07) is 22.5. The molecule has 0 heterocycles. The summed E-state index contributed by atoms with van der Waals surface area (Å²) in [7, 11) is 1.76. The highest BCUT2D eigenvalue weighted by Crippen LogP contribution is 2.30. The molecule has 2 nitrogen and oxygen atoms in total. The van der Waals surface area contributed by atoms with Crippen molar-refractivity contribution in [3.63, 3.8) is 0 Å². The Kier molecular flexibility index (Phi) is 5.69. The van der Waals surface area contributed by atoms with Gasteiger partial charge in [-0.1, -0.05) is 35.0 Å². The third-order valence-electron chi connectivity index (χ3n) is 3.67. The fourth-order valence-corrected chi connectivity index (χ4v) is 3.35. The molecule has 0 aromatic heterocycles. The van der Waals surface area contributed by atoms with Gasteiger partial charge in [0.2, 0.25) is 0 Å². The number of anilines is 1. The molecule has 0 bridgehead atoms. The molecule has 126 valence electrons. The monoisotopic (exact) mass is 387 g/mol. The van der Waals surface area contributed by atoms with Crippen LogP contribution in [-0.2, 0) is 0 Å². The first kappa shape index (κ1) is 17.9. The number of amides is 1. The van der Waals surface area contributed by atoms with E-state index >= 15 is 0 Å². The van der Waals surface area contributed by atoms with Crippen LogP contribution in [0.4, 0.5) is 5.69 Å². The van der Waals surface area contributed by atoms with Crippen molar-refractivity contribution in [1.82, 2.24) is 0 Å². The molecule has 0 radical (unpaired) electrons. The summed E-state index contributed by atoms with van der Waals surface area (Å²) in [5, 5.41) is 1.34. The van der Waals surface area contributed by atoms with Crippen molar-refractivity contribution in [3.05, 3.63) is 88.4 Å². The summed E-state index contributed by atoms with van der Waals surface area (Å²) in [5.74, 6) is -0.0743. The van der Waals surface area contributed by atoms with E-state index in [1.165, 1.54) is 0 Å². The number of rotatable bonds is 4. The topological polar surface area (TPSA) is 20.3 Å². The predicted octanol–water partition coefficient (Wildman–Crippen LogP) is 6.42. The first-order chi connectivity index (χ1) is 12.0. The molecule has 0 spiro atoms. The molecule has 0 saturated carbocycles. The average Bonchev–Trinajstić information content (AvgIpc) is 2.64. The van der Waals surface area contributed by atoms with E-state index in [4.69, 9.17) is 23.2 Å². The van der Waals surface area contributed by atoms with E-state index < -0.39 is 0 Å². The minimum Gasteiger partial charge on any atom is -0.311 e. The molecule has 3 rings (SSSR count). The fraction of sp³-hybridized carbons (Fsp3) is 0.0500.